The normalized spacial score (nSPS) is 16.1. The first-order valence-corrected chi connectivity index (χ1v) is 14.0. The Morgan fingerprint density at radius 2 is 1.94 bits per heavy atom. The highest BCUT2D eigenvalue weighted by Gasteiger charge is 2.27. The smallest absolute Gasteiger partial charge is 0.294 e. The van der Waals surface area contributed by atoms with Crippen molar-refractivity contribution >= 4 is 43.7 Å². The van der Waals surface area contributed by atoms with Crippen LogP contribution in [0.15, 0.2) is 41.7 Å². The van der Waals surface area contributed by atoms with Crippen LogP contribution in [0, 0.1) is 11.7 Å². The third-order valence-electron chi connectivity index (χ3n) is 6.05. The lowest BCUT2D eigenvalue weighted by Gasteiger charge is -2.34. The molecule has 0 bridgehead atoms. The van der Waals surface area contributed by atoms with Crippen molar-refractivity contribution in [3.63, 3.8) is 0 Å². The first kappa shape index (κ1) is 23.9. The second-order valence-corrected chi connectivity index (χ2v) is 11.9. The van der Waals surface area contributed by atoms with Gasteiger partial charge in [0.2, 0.25) is 10.9 Å². The molecule has 1 aliphatic rings. The van der Waals surface area contributed by atoms with Gasteiger partial charge in [-0.15, -0.1) is 5.10 Å². The summed E-state index contributed by atoms with van der Waals surface area (Å²) >= 11 is 7.15. The van der Waals surface area contributed by atoms with E-state index in [4.69, 9.17) is 16.3 Å². The molecule has 0 saturated carbocycles. The number of benzene rings is 1. The van der Waals surface area contributed by atoms with Crippen molar-refractivity contribution in [2.45, 2.75) is 30.8 Å². The fourth-order valence-electron chi connectivity index (χ4n) is 4.09. The Morgan fingerprint density at radius 1 is 1.23 bits per heavy atom. The molecule has 5 rings (SSSR count). The molecule has 13 heteroatoms. The molecule has 1 aliphatic heterocycles. The highest BCUT2D eigenvalue weighted by Crippen LogP contribution is 2.31. The third kappa shape index (κ3) is 5.09. The van der Waals surface area contributed by atoms with Crippen LogP contribution in [0.4, 0.5) is 10.3 Å². The fraction of sp³-hybridized carbons (Fsp3) is 0.364. The zero-order chi connectivity index (χ0) is 24.7. The average Bonchev–Trinajstić information content (AvgIpc) is 3.37. The summed E-state index contributed by atoms with van der Waals surface area (Å²) in [7, 11) is -3.49. The first-order valence-electron chi connectivity index (χ1n) is 10.9. The fourth-order valence-corrected chi connectivity index (χ4v) is 5.63. The largest absolute Gasteiger partial charge is 0.466 e. The van der Waals surface area contributed by atoms with E-state index in [1.165, 1.54) is 23.5 Å². The molecule has 1 fully saturated rings. The number of nitrogens with zero attached hydrogens (tertiary/aromatic N) is 6. The van der Waals surface area contributed by atoms with Gasteiger partial charge in [0, 0.05) is 24.9 Å². The topological polar surface area (TPSA) is 103 Å². The molecule has 4 aromatic rings. The Bertz CT molecular complexity index is 1430. The number of hydrogen-bond acceptors (Lipinski definition) is 9. The minimum Gasteiger partial charge on any atom is -0.466 e. The Morgan fingerprint density at radius 3 is 2.57 bits per heavy atom. The van der Waals surface area contributed by atoms with Gasteiger partial charge in [0.25, 0.3) is 5.19 Å². The maximum atomic E-state index is 14.5. The molecule has 0 N–H and O–H groups in total. The molecule has 1 saturated heterocycles. The lowest BCUT2D eigenvalue weighted by atomic mass is 9.92. The monoisotopic (exact) mass is 536 g/mol. The molecule has 0 radical (unpaired) electrons. The number of imidazole rings is 1. The summed E-state index contributed by atoms with van der Waals surface area (Å²) in [5.74, 6) is 0.382. The predicted molar refractivity (Wildman–Crippen MR) is 131 cm³/mol. The summed E-state index contributed by atoms with van der Waals surface area (Å²) in [6.45, 7) is 3.69. The Kier molecular flexibility index (Phi) is 6.36. The molecule has 1 aromatic carbocycles. The zero-order valence-corrected chi connectivity index (χ0v) is 21.3. The number of sulfone groups is 1. The van der Waals surface area contributed by atoms with E-state index in [1.54, 1.807) is 23.1 Å². The molecule has 184 valence electrons. The number of rotatable bonds is 6. The number of anilines is 1. The van der Waals surface area contributed by atoms with Crippen LogP contribution in [-0.2, 0) is 9.84 Å². The molecule has 3 aromatic heterocycles. The van der Waals surface area contributed by atoms with Gasteiger partial charge in [-0.05, 0) is 55.2 Å². The van der Waals surface area contributed by atoms with Crippen molar-refractivity contribution < 1.29 is 17.5 Å². The van der Waals surface area contributed by atoms with Crippen molar-refractivity contribution in [1.82, 2.24) is 24.6 Å². The van der Waals surface area contributed by atoms with Gasteiger partial charge in [-0.3, -0.25) is 0 Å². The van der Waals surface area contributed by atoms with Crippen LogP contribution >= 0.6 is 22.9 Å². The Hall–Kier alpha value is -2.83. The summed E-state index contributed by atoms with van der Waals surface area (Å²) in [6, 6.07) is 3.79. The molecule has 9 nitrogen and oxygen atoms in total. The zero-order valence-electron chi connectivity index (χ0n) is 18.9. The molecule has 0 amide bonds. The van der Waals surface area contributed by atoms with E-state index in [9.17, 15) is 12.8 Å². The van der Waals surface area contributed by atoms with Crippen molar-refractivity contribution in [1.29, 1.82) is 0 Å². The Labute approximate surface area is 210 Å². The summed E-state index contributed by atoms with van der Waals surface area (Å²) in [5, 5.41) is 5.45. The lowest BCUT2D eigenvalue weighted by molar-refractivity contribution is 0.131. The van der Waals surface area contributed by atoms with Crippen LogP contribution in [0.3, 0.4) is 0 Å². The quantitative estimate of drug-likeness (QED) is 0.362. The third-order valence-corrected chi connectivity index (χ3v) is 8.17. The van der Waals surface area contributed by atoms with Gasteiger partial charge in [-0.1, -0.05) is 11.6 Å². The van der Waals surface area contributed by atoms with E-state index < -0.39 is 15.7 Å². The molecule has 0 aliphatic carbocycles. The van der Waals surface area contributed by atoms with E-state index >= 15 is 0 Å². The van der Waals surface area contributed by atoms with E-state index in [1.807, 2.05) is 6.92 Å². The van der Waals surface area contributed by atoms with Gasteiger partial charge in [0.05, 0.1) is 34.2 Å². The molecule has 0 spiro atoms. The van der Waals surface area contributed by atoms with Crippen LogP contribution in [0.5, 0.6) is 5.19 Å². The van der Waals surface area contributed by atoms with Crippen LogP contribution in [0.2, 0.25) is 5.02 Å². The van der Waals surface area contributed by atoms with Gasteiger partial charge in [-0.25, -0.2) is 32.3 Å². The lowest BCUT2D eigenvalue weighted by Crippen LogP contribution is -2.39. The molecule has 0 unspecified atom stereocenters. The van der Waals surface area contributed by atoms with Gasteiger partial charge in [0.15, 0.2) is 9.84 Å². The number of piperidine rings is 1. The second kappa shape index (κ2) is 9.32. The summed E-state index contributed by atoms with van der Waals surface area (Å²) in [4.78, 5) is 15.6. The SMILES string of the molecule is C[C@H](Oc1nn2cc(-c3ccc(S(C)(=O)=O)cc3F)nc2s1)C1CCN(c2ncc(Cl)cn2)CC1. The van der Waals surface area contributed by atoms with Crippen molar-refractivity contribution in [2.75, 3.05) is 24.2 Å². The number of ether oxygens (including phenoxy) is 1. The minimum absolute atomic E-state index is 0.0420. The maximum absolute atomic E-state index is 14.5. The predicted octanol–water partition coefficient (Wildman–Crippen LogP) is 4.13. The van der Waals surface area contributed by atoms with E-state index in [2.05, 4.69) is 25.0 Å². The molecule has 4 heterocycles. The second-order valence-electron chi connectivity index (χ2n) is 8.48. The Balaban J connectivity index is 1.23. The van der Waals surface area contributed by atoms with Crippen LogP contribution in [0.25, 0.3) is 16.2 Å². The highest BCUT2D eigenvalue weighted by molar-refractivity contribution is 7.90. The standard InChI is InChI=1S/C22H22ClFN6O3S2/c1-13(14-5-7-29(8-6-14)20-25-10-15(23)11-26-20)33-22-28-30-12-19(27-21(30)34-22)17-4-3-16(9-18(17)24)35(2,31)32/h3-4,9-14H,5-8H2,1-2H3/t13-/m0/s1. The summed E-state index contributed by atoms with van der Waals surface area (Å²) in [5.41, 5.74) is 0.583. The van der Waals surface area contributed by atoms with Gasteiger partial charge in [-0.2, -0.15) is 0 Å². The van der Waals surface area contributed by atoms with Crippen LogP contribution in [0.1, 0.15) is 19.8 Å². The van der Waals surface area contributed by atoms with E-state index in [0.717, 1.165) is 38.3 Å². The van der Waals surface area contributed by atoms with Crippen LogP contribution < -0.4 is 9.64 Å². The van der Waals surface area contributed by atoms with E-state index in [-0.39, 0.29) is 16.6 Å². The van der Waals surface area contributed by atoms with Crippen LogP contribution in [-0.4, -0.2) is 58.4 Å². The van der Waals surface area contributed by atoms with Gasteiger partial charge >= 0.3 is 0 Å². The average molecular weight is 537 g/mol. The number of halogens is 2. The van der Waals surface area contributed by atoms with Crippen molar-refractivity contribution in [2.24, 2.45) is 5.92 Å². The number of hydrogen-bond donors (Lipinski definition) is 0. The molecular formula is C22H22ClFN6O3S2. The number of aromatic nitrogens is 5. The van der Waals surface area contributed by atoms with E-state index in [0.29, 0.717) is 32.7 Å². The van der Waals surface area contributed by atoms with Gasteiger partial charge < -0.3 is 9.64 Å². The minimum atomic E-state index is -3.49. The molecule has 1 atom stereocenters. The van der Waals surface area contributed by atoms with Gasteiger partial charge in [0.1, 0.15) is 11.9 Å². The summed E-state index contributed by atoms with van der Waals surface area (Å²) < 4.78 is 45.5. The first-order chi connectivity index (χ1) is 16.7. The molecule has 35 heavy (non-hydrogen) atoms. The van der Waals surface area contributed by atoms with Crippen molar-refractivity contribution in [3.8, 4) is 16.5 Å². The maximum Gasteiger partial charge on any atom is 0.294 e. The summed E-state index contributed by atoms with van der Waals surface area (Å²) in [6.07, 6.45) is 7.67. The molecular weight excluding hydrogens is 515 g/mol. The number of fused-ring (bicyclic) bond motifs is 1. The highest BCUT2D eigenvalue weighted by atomic mass is 35.5. The van der Waals surface area contributed by atoms with Crippen molar-refractivity contribution in [3.05, 3.63) is 47.6 Å².